The van der Waals surface area contributed by atoms with Gasteiger partial charge in [0.1, 0.15) is 0 Å². The van der Waals surface area contributed by atoms with Gasteiger partial charge in [-0.25, -0.2) is 0 Å². The molecule has 2 atom stereocenters. The second-order valence-electron chi connectivity index (χ2n) is 8.40. The Morgan fingerprint density at radius 3 is 2.57 bits per heavy atom. The van der Waals surface area contributed by atoms with E-state index in [1.54, 1.807) is 0 Å². The zero-order chi connectivity index (χ0) is 20.9. The molecule has 1 amide bonds. The van der Waals surface area contributed by atoms with Gasteiger partial charge in [0, 0.05) is 18.3 Å². The number of piperidine rings is 1. The first-order valence-corrected chi connectivity index (χ1v) is 12.2. The lowest BCUT2D eigenvalue weighted by Crippen LogP contribution is -2.46. The lowest BCUT2D eigenvalue weighted by molar-refractivity contribution is -0.134. The van der Waals surface area contributed by atoms with E-state index in [1.165, 1.54) is 31.0 Å². The first kappa shape index (κ1) is 21.4. The van der Waals surface area contributed by atoms with Crippen molar-refractivity contribution in [2.75, 3.05) is 19.6 Å². The van der Waals surface area contributed by atoms with Gasteiger partial charge in [0.15, 0.2) is 11.0 Å². The van der Waals surface area contributed by atoms with E-state index in [0.29, 0.717) is 6.04 Å². The molecule has 1 aromatic carbocycles. The van der Waals surface area contributed by atoms with Crippen molar-refractivity contribution in [2.24, 2.45) is 0 Å². The van der Waals surface area contributed by atoms with Crippen LogP contribution in [-0.2, 0) is 11.3 Å². The number of benzene rings is 1. The number of likely N-dealkylation sites (tertiary alicyclic amines) is 2. The van der Waals surface area contributed by atoms with Gasteiger partial charge in [-0.2, -0.15) is 0 Å². The van der Waals surface area contributed by atoms with Gasteiger partial charge in [0.2, 0.25) is 5.91 Å². The number of para-hydroxylation sites is 1. The second kappa shape index (κ2) is 9.96. The molecule has 2 fully saturated rings. The monoisotopic (exact) mass is 427 g/mol. The molecule has 0 N–H and O–H groups in total. The van der Waals surface area contributed by atoms with E-state index in [2.05, 4.69) is 43.6 Å². The molecule has 2 aliphatic heterocycles. The number of nitrogens with zero attached hydrogens (tertiary/aromatic N) is 5. The Bertz CT molecular complexity index is 833. The van der Waals surface area contributed by atoms with E-state index < -0.39 is 0 Å². The molecule has 1 aromatic heterocycles. The van der Waals surface area contributed by atoms with Crippen LogP contribution in [0, 0.1) is 0 Å². The van der Waals surface area contributed by atoms with E-state index in [1.807, 2.05) is 25.1 Å². The topological polar surface area (TPSA) is 54.3 Å². The van der Waals surface area contributed by atoms with Gasteiger partial charge in [-0.05, 0) is 70.7 Å². The molecule has 0 spiro atoms. The highest BCUT2D eigenvalue weighted by Crippen LogP contribution is 2.29. The number of carbonyl (C=O) groups is 1. The van der Waals surface area contributed by atoms with Crippen LogP contribution in [0.15, 0.2) is 35.5 Å². The predicted octanol–water partition coefficient (Wildman–Crippen LogP) is 4.13. The molecule has 3 heterocycles. The maximum absolute atomic E-state index is 13.2. The molecule has 4 rings (SSSR count). The summed E-state index contributed by atoms with van der Waals surface area (Å²) < 4.78 is 2.14. The number of thioether (sulfide) groups is 1. The molecule has 162 valence electrons. The van der Waals surface area contributed by atoms with E-state index in [-0.39, 0.29) is 11.2 Å². The average molecular weight is 428 g/mol. The third kappa shape index (κ3) is 4.72. The van der Waals surface area contributed by atoms with Crippen molar-refractivity contribution < 1.29 is 4.79 Å². The Hall–Kier alpha value is -1.86. The highest BCUT2D eigenvalue weighted by Gasteiger charge is 2.30. The summed E-state index contributed by atoms with van der Waals surface area (Å²) in [4.78, 5) is 17.8. The van der Waals surface area contributed by atoms with Crippen molar-refractivity contribution in [1.82, 2.24) is 24.6 Å². The molecule has 2 aromatic rings. The van der Waals surface area contributed by atoms with Crippen molar-refractivity contribution in [3.63, 3.8) is 0 Å². The van der Waals surface area contributed by atoms with E-state index in [4.69, 9.17) is 0 Å². The van der Waals surface area contributed by atoms with Crippen LogP contribution in [0.4, 0.5) is 0 Å². The van der Waals surface area contributed by atoms with Crippen LogP contribution >= 0.6 is 11.8 Å². The average Bonchev–Trinajstić information content (AvgIpc) is 3.44. The van der Waals surface area contributed by atoms with Crippen molar-refractivity contribution in [2.45, 2.75) is 75.4 Å². The summed E-state index contributed by atoms with van der Waals surface area (Å²) in [5.74, 6) is 1.19. The molecular weight excluding hydrogens is 394 g/mol. The smallest absolute Gasteiger partial charge is 0.236 e. The lowest BCUT2D eigenvalue weighted by atomic mass is 10.00. The number of carbonyl (C=O) groups excluding carboxylic acids is 1. The fourth-order valence-electron chi connectivity index (χ4n) is 4.61. The Labute approximate surface area is 184 Å². The molecule has 0 bridgehead atoms. The van der Waals surface area contributed by atoms with Crippen molar-refractivity contribution in [3.8, 4) is 5.69 Å². The van der Waals surface area contributed by atoms with Crippen LogP contribution < -0.4 is 0 Å². The Kier molecular flexibility index (Phi) is 7.10. The molecule has 6 nitrogen and oxygen atoms in total. The van der Waals surface area contributed by atoms with E-state index >= 15 is 0 Å². The first-order valence-electron chi connectivity index (χ1n) is 11.4. The molecule has 2 saturated heterocycles. The van der Waals surface area contributed by atoms with E-state index in [0.717, 1.165) is 62.1 Å². The minimum atomic E-state index is -0.177. The summed E-state index contributed by atoms with van der Waals surface area (Å²) in [6, 6.07) is 10.7. The fraction of sp³-hybridized carbons (Fsp3) is 0.609. The summed E-state index contributed by atoms with van der Waals surface area (Å²) in [5, 5.41) is 9.69. The third-order valence-corrected chi connectivity index (χ3v) is 7.32. The second-order valence-corrected chi connectivity index (χ2v) is 9.71. The van der Waals surface area contributed by atoms with Crippen LogP contribution in [0.1, 0.15) is 58.2 Å². The molecule has 0 unspecified atom stereocenters. The van der Waals surface area contributed by atoms with Crippen LogP contribution in [-0.4, -0.2) is 61.4 Å². The normalized spacial score (nSPS) is 21.1. The predicted molar refractivity (Wildman–Crippen MR) is 121 cm³/mol. The van der Waals surface area contributed by atoms with Gasteiger partial charge < -0.3 is 4.90 Å². The molecule has 30 heavy (non-hydrogen) atoms. The third-order valence-electron chi connectivity index (χ3n) is 6.29. The minimum Gasteiger partial charge on any atom is -0.339 e. The van der Waals surface area contributed by atoms with Gasteiger partial charge >= 0.3 is 0 Å². The van der Waals surface area contributed by atoms with Gasteiger partial charge in [-0.1, -0.05) is 36.9 Å². The quantitative estimate of drug-likeness (QED) is 0.622. The highest BCUT2D eigenvalue weighted by molar-refractivity contribution is 8.00. The fourth-order valence-corrected chi connectivity index (χ4v) is 5.57. The van der Waals surface area contributed by atoms with Crippen LogP contribution in [0.5, 0.6) is 0 Å². The van der Waals surface area contributed by atoms with Gasteiger partial charge in [-0.3, -0.25) is 14.3 Å². The number of amides is 1. The van der Waals surface area contributed by atoms with Crippen molar-refractivity contribution in [1.29, 1.82) is 0 Å². The lowest BCUT2D eigenvalue weighted by Gasteiger charge is -2.36. The van der Waals surface area contributed by atoms with Crippen molar-refractivity contribution >= 4 is 17.7 Å². The summed E-state index contributed by atoms with van der Waals surface area (Å²) in [5.41, 5.74) is 1.06. The summed E-state index contributed by atoms with van der Waals surface area (Å²) in [7, 11) is 0. The molecule has 7 heteroatoms. The van der Waals surface area contributed by atoms with Crippen LogP contribution in [0.25, 0.3) is 5.69 Å². The first-order chi connectivity index (χ1) is 14.7. The Morgan fingerprint density at radius 1 is 1.10 bits per heavy atom. The maximum Gasteiger partial charge on any atom is 0.236 e. The maximum atomic E-state index is 13.2. The summed E-state index contributed by atoms with van der Waals surface area (Å²) in [6.07, 6.45) is 7.00. The number of rotatable bonds is 7. The van der Waals surface area contributed by atoms with E-state index in [9.17, 15) is 4.79 Å². The standard InChI is InChI=1S/C23H33N5OS/c1-3-19-11-7-8-16-27(19)22(29)18(2)30-23-25-24-21(17-26-14-9-10-15-26)28(23)20-12-5-4-6-13-20/h4-6,12-13,18-19H,3,7-11,14-17H2,1-2H3/t18-,19-/m0/s1. The molecule has 0 saturated carbocycles. The van der Waals surface area contributed by atoms with Crippen LogP contribution in [0.2, 0.25) is 0 Å². The molecule has 0 radical (unpaired) electrons. The molecular formula is C23H33N5OS. The van der Waals surface area contributed by atoms with Gasteiger partial charge in [0.25, 0.3) is 0 Å². The minimum absolute atomic E-state index is 0.177. The summed E-state index contributed by atoms with van der Waals surface area (Å²) >= 11 is 1.54. The SMILES string of the molecule is CC[C@H]1CCCCN1C(=O)[C@H](C)Sc1nnc(CN2CCCC2)n1-c1ccccc1. The van der Waals surface area contributed by atoms with Crippen molar-refractivity contribution in [3.05, 3.63) is 36.2 Å². The zero-order valence-electron chi connectivity index (χ0n) is 18.2. The Morgan fingerprint density at radius 2 is 1.83 bits per heavy atom. The molecule has 0 aliphatic carbocycles. The van der Waals surface area contributed by atoms with Gasteiger partial charge in [0.05, 0.1) is 11.8 Å². The Balaban J connectivity index is 1.55. The highest BCUT2D eigenvalue weighted by atomic mass is 32.2. The number of hydrogen-bond donors (Lipinski definition) is 0. The summed E-state index contributed by atoms with van der Waals surface area (Å²) in [6.45, 7) is 8.12. The number of hydrogen-bond acceptors (Lipinski definition) is 5. The zero-order valence-corrected chi connectivity index (χ0v) is 19.0. The molecule has 2 aliphatic rings. The van der Waals surface area contributed by atoms with Gasteiger partial charge in [-0.15, -0.1) is 10.2 Å². The van der Waals surface area contributed by atoms with Crippen LogP contribution in [0.3, 0.4) is 0 Å². The number of aromatic nitrogens is 3. The largest absolute Gasteiger partial charge is 0.339 e.